The van der Waals surface area contributed by atoms with Crippen LogP contribution in [-0.4, -0.2) is 22.9 Å². The molecule has 18 heavy (non-hydrogen) atoms. The van der Waals surface area contributed by atoms with Gasteiger partial charge in [0.05, 0.1) is 5.69 Å². The van der Waals surface area contributed by atoms with Crippen molar-refractivity contribution in [1.29, 1.82) is 0 Å². The van der Waals surface area contributed by atoms with Crippen molar-refractivity contribution in [3.05, 3.63) is 59.9 Å². The fraction of sp³-hybridized carbons (Fsp3) is 0.267. The van der Waals surface area contributed by atoms with Gasteiger partial charge in [0.2, 0.25) is 0 Å². The molecule has 0 aliphatic heterocycles. The van der Waals surface area contributed by atoms with E-state index in [0.29, 0.717) is 0 Å². The first kappa shape index (κ1) is 12.6. The van der Waals surface area contributed by atoms with Gasteiger partial charge in [0, 0.05) is 32.8 Å². The highest BCUT2D eigenvalue weighted by Gasteiger charge is 1.94. The first-order valence-electron chi connectivity index (χ1n) is 6.25. The second kappa shape index (κ2) is 6.77. The number of hydrogen-bond acceptors (Lipinski definition) is 2. The van der Waals surface area contributed by atoms with Gasteiger partial charge in [0.15, 0.2) is 0 Å². The second-order valence-electron chi connectivity index (χ2n) is 4.25. The predicted molar refractivity (Wildman–Crippen MR) is 75.3 cm³/mol. The zero-order chi connectivity index (χ0) is 12.6. The zero-order valence-corrected chi connectivity index (χ0v) is 10.7. The van der Waals surface area contributed by atoms with Crippen LogP contribution in [0.4, 0.5) is 0 Å². The number of hydrogen-bond donors (Lipinski definition) is 1. The lowest BCUT2D eigenvalue weighted by atomic mass is 10.2. The van der Waals surface area contributed by atoms with E-state index in [0.717, 1.165) is 25.2 Å². The SMILES string of the molecule is Cn1ccc(CCNC/C=C/c2ccccc2)n1. The minimum Gasteiger partial charge on any atom is -0.313 e. The average Bonchev–Trinajstić information content (AvgIpc) is 2.81. The van der Waals surface area contributed by atoms with Crippen LogP contribution >= 0.6 is 0 Å². The molecule has 0 spiro atoms. The Morgan fingerprint density at radius 3 is 2.78 bits per heavy atom. The van der Waals surface area contributed by atoms with E-state index >= 15 is 0 Å². The van der Waals surface area contributed by atoms with Crippen LogP contribution in [0.25, 0.3) is 6.08 Å². The van der Waals surface area contributed by atoms with Crippen LogP contribution < -0.4 is 5.32 Å². The van der Waals surface area contributed by atoms with Gasteiger partial charge in [-0.3, -0.25) is 4.68 Å². The quantitative estimate of drug-likeness (QED) is 0.786. The molecule has 1 heterocycles. The van der Waals surface area contributed by atoms with E-state index < -0.39 is 0 Å². The lowest BCUT2D eigenvalue weighted by molar-refractivity contribution is 0.700. The standard InChI is InChI=1S/C15H19N3/c1-18-13-10-15(17-18)9-12-16-11-5-8-14-6-3-2-4-7-14/h2-8,10,13,16H,9,11-12H2,1H3/b8-5+. The molecule has 2 aromatic rings. The highest BCUT2D eigenvalue weighted by Crippen LogP contribution is 2.00. The molecule has 0 fully saturated rings. The second-order valence-corrected chi connectivity index (χ2v) is 4.25. The van der Waals surface area contributed by atoms with Crippen LogP contribution in [0.15, 0.2) is 48.7 Å². The molecule has 0 saturated carbocycles. The van der Waals surface area contributed by atoms with Crippen molar-refractivity contribution in [3.63, 3.8) is 0 Å². The molecule has 3 heteroatoms. The number of nitrogens with zero attached hydrogens (tertiary/aromatic N) is 2. The molecule has 0 aliphatic carbocycles. The minimum atomic E-state index is 0.891. The van der Waals surface area contributed by atoms with Gasteiger partial charge in [-0.05, 0) is 11.6 Å². The van der Waals surface area contributed by atoms with E-state index in [-0.39, 0.29) is 0 Å². The number of rotatable bonds is 6. The molecule has 0 radical (unpaired) electrons. The summed E-state index contributed by atoms with van der Waals surface area (Å²) in [6, 6.07) is 12.4. The Bertz CT molecular complexity index is 485. The minimum absolute atomic E-state index is 0.891. The zero-order valence-electron chi connectivity index (χ0n) is 10.7. The van der Waals surface area contributed by atoms with Gasteiger partial charge in [-0.25, -0.2) is 0 Å². The maximum absolute atomic E-state index is 4.33. The number of aromatic nitrogens is 2. The lowest BCUT2D eigenvalue weighted by Crippen LogP contribution is -2.17. The Morgan fingerprint density at radius 1 is 1.22 bits per heavy atom. The van der Waals surface area contributed by atoms with Gasteiger partial charge in [-0.2, -0.15) is 5.10 Å². The summed E-state index contributed by atoms with van der Waals surface area (Å²) >= 11 is 0. The van der Waals surface area contributed by atoms with Crippen LogP contribution in [0, 0.1) is 0 Å². The fourth-order valence-corrected chi connectivity index (χ4v) is 1.76. The molecular formula is C15H19N3. The smallest absolute Gasteiger partial charge is 0.0637 e. The summed E-state index contributed by atoms with van der Waals surface area (Å²) in [5, 5.41) is 7.71. The molecule has 1 aromatic heterocycles. The summed E-state index contributed by atoms with van der Waals surface area (Å²) in [4.78, 5) is 0. The Hall–Kier alpha value is -1.87. The van der Waals surface area contributed by atoms with E-state index in [9.17, 15) is 0 Å². The third-order valence-electron chi connectivity index (χ3n) is 2.70. The summed E-state index contributed by atoms with van der Waals surface area (Å²) in [6.45, 7) is 1.85. The van der Waals surface area contributed by atoms with Gasteiger partial charge < -0.3 is 5.32 Å². The van der Waals surface area contributed by atoms with Crippen LogP contribution in [0.2, 0.25) is 0 Å². The maximum atomic E-state index is 4.33. The molecule has 0 saturated heterocycles. The Balaban J connectivity index is 1.63. The van der Waals surface area contributed by atoms with Crippen LogP contribution in [-0.2, 0) is 13.5 Å². The predicted octanol–water partition coefficient (Wildman–Crippen LogP) is 2.27. The van der Waals surface area contributed by atoms with Crippen molar-refractivity contribution in [3.8, 4) is 0 Å². The third kappa shape index (κ3) is 4.18. The van der Waals surface area contributed by atoms with E-state index in [1.54, 1.807) is 0 Å². The molecular weight excluding hydrogens is 222 g/mol. The monoisotopic (exact) mass is 241 g/mol. The molecule has 94 valence electrons. The van der Waals surface area contributed by atoms with Gasteiger partial charge >= 0.3 is 0 Å². The third-order valence-corrected chi connectivity index (χ3v) is 2.70. The molecule has 1 N–H and O–H groups in total. The molecule has 0 amide bonds. The van der Waals surface area contributed by atoms with Crippen LogP contribution in [0.3, 0.4) is 0 Å². The molecule has 0 bridgehead atoms. The molecule has 0 unspecified atom stereocenters. The summed E-state index contributed by atoms with van der Waals surface area (Å²) in [7, 11) is 1.94. The highest BCUT2D eigenvalue weighted by molar-refractivity contribution is 5.48. The van der Waals surface area contributed by atoms with E-state index in [2.05, 4.69) is 40.8 Å². The van der Waals surface area contributed by atoms with Crippen molar-refractivity contribution in [2.75, 3.05) is 13.1 Å². The van der Waals surface area contributed by atoms with Gasteiger partial charge in [0.1, 0.15) is 0 Å². The molecule has 1 aromatic carbocycles. The first-order valence-corrected chi connectivity index (χ1v) is 6.25. The van der Waals surface area contributed by atoms with Crippen molar-refractivity contribution in [2.45, 2.75) is 6.42 Å². The van der Waals surface area contributed by atoms with Crippen molar-refractivity contribution in [2.24, 2.45) is 7.05 Å². The van der Waals surface area contributed by atoms with Gasteiger partial charge in [-0.15, -0.1) is 0 Å². The van der Waals surface area contributed by atoms with Crippen molar-refractivity contribution < 1.29 is 0 Å². The molecule has 2 rings (SSSR count). The summed E-state index contributed by atoms with van der Waals surface area (Å²) in [6.07, 6.45) is 7.23. The van der Waals surface area contributed by atoms with Crippen molar-refractivity contribution in [1.82, 2.24) is 15.1 Å². The summed E-state index contributed by atoms with van der Waals surface area (Å²) in [5.41, 5.74) is 2.38. The van der Waals surface area contributed by atoms with Gasteiger partial charge in [0.25, 0.3) is 0 Å². The van der Waals surface area contributed by atoms with Gasteiger partial charge in [-0.1, -0.05) is 42.5 Å². The Morgan fingerprint density at radius 2 is 2.06 bits per heavy atom. The first-order chi connectivity index (χ1) is 8.84. The number of benzene rings is 1. The molecule has 3 nitrogen and oxygen atoms in total. The molecule has 0 aliphatic rings. The fourth-order valence-electron chi connectivity index (χ4n) is 1.76. The largest absolute Gasteiger partial charge is 0.313 e. The topological polar surface area (TPSA) is 29.9 Å². The Labute approximate surface area is 108 Å². The number of aryl methyl sites for hydroxylation is 1. The lowest BCUT2D eigenvalue weighted by Gasteiger charge is -1.99. The molecule has 0 atom stereocenters. The van der Waals surface area contributed by atoms with Crippen molar-refractivity contribution >= 4 is 6.08 Å². The highest BCUT2D eigenvalue weighted by atomic mass is 15.2. The Kier molecular flexibility index (Phi) is 4.73. The van der Waals surface area contributed by atoms with Crippen LogP contribution in [0.1, 0.15) is 11.3 Å². The summed E-state index contributed by atoms with van der Waals surface area (Å²) < 4.78 is 1.84. The van der Waals surface area contributed by atoms with E-state index in [1.165, 1.54) is 5.56 Å². The van der Waals surface area contributed by atoms with E-state index in [4.69, 9.17) is 0 Å². The maximum Gasteiger partial charge on any atom is 0.0637 e. The van der Waals surface area contributed by atoms with Crippen LogP contribution in [0.5, 0.6) is 0 Å². The summed E-state index contributed by atoms with van der Waals surface area (Å²) in [5.74, 6) is 0. The average molecular weight is 241 g/mol. The number of nitrogens with one attached hydrogen (secondary N) is 1. The van der Waals surface area contributed by atoms with E-state index in [1.807, 2.05) is 36.1 Å². The normalized spacial score (nSPS) is 11.2.